The number of amides is 1. The highest BCUT2D eigenvalue weighted by Gasteiger charge is 2.11. The van der Waals surface area contributed by atoms with Crippen LogP contribution in [0.15, 0.2) is 60.7 Å². The lowest BCUT2D eigenvalue weighted by Crippen LogP contribution is -2.28. The first-order valence-electron chi connectivity index (χ1n) is 7.32. The van der Waals surface area contributed by atoms with Crippen LogP contribution in [0.2, 0.25) is 0 Å². The highest BCUT2D eigenvalue weighted by molar-refractivity contribution is 7.99. The van der Waals surface area contributed by atoms with E-state index in [0.29, 0.717) is 11.5 Å². The van der Waals surface area contributed by atoms with Gasteiger partial charge >= 0.3 is 0 Å². The third kappa shape index (κ3) is 5.20. The number of hydrogen-bond acceptors (Lipinski definition) is 3. The number of carbonyl (C=O) groups is 1. The summed E-state index contributed by atoms with van der Waals surface area (Å²) in [5.41, 5.74) is 1.97. The van der Waals surface area contributed by atoms with E-state index in [2.05, 4.69) is 5.32 Å². The van der Waals surface area contributed by atoms with Crippen LogP contribution in [-0.2, 0) is 4.79 Å². The quantitative estimate of drug-likeness (QED) is 0.824. The van der Waals surface area contributed by atoms with E-state index >= 15 is 0 Å². The molecule has 22 heavy (non-hydrogen) atoms. The lowest BCUT2D eigenvalue weighted by molar-refractivity contribution is -0.119. The highest BCUT2D eigenvalue weighted by Crippen LogP contribution is 2.18. The van der Waals surface area contributed by atoms with Crippen molar-refractivity contribution in [1.29, 1.82) is 0 Å². The van der Waals surface area contributed by atoms with E-state index < -0.39 is 6.10 Å². The van der Waals surface area contributed by atoms with Crippen molar-refractivity contribution in [2.45, 2.75) is 19.1 Å². The molecule has 0 spiro atoms. The summed E-state index contributed by atoms with van der Waals surface area (Å²) in [6.07, 6.45) is -0.537. The SMILES string of the molecule is C[C@@H](NC(=O)CSC[C@@H](O)c1ccccc1)c1ccccc1. The second-order valence-corrected chi connectivity index (χ2v) is 6.17. The van der Waals surface area contributed by atoms with E-state index in [0.717, 1.165) is 11.1 Å². The molecule has 0 aliphatic carbocycles. The molecule has 0 fully saturated rings. The first kappa shape index (κ1) is 16.6. The molecular weight excluding hydrogens is 294 g/mol. The molecule has 4 heteroatoms. The number of aliphatic hydroxyl groups is 1. The van der Waals surface area contributed by atoms with E-state index in [1.165, 1.54) is 11.8 Å². The Morgan fingerprint density at radius 1 is 1.05 bits per heavy atom. The van der Waals surface area contributed by atoms with Gasteiger partial charge in [-0.05, 0) is 18.1 Å². The van der Waals surface area contributed by atoms with Crippen LogP contribution in [0.4, 0.5) is 0 Å². The molecule has 0 aliphatic rings. The summed E-state index contributed by atoms with van der Waals surface area (Å²) in [5, 5.41) is 13.0. The Bertz CT molecular complexity index is 574. The molecule has 2 aromatic rings. The fourth-order valence-corrected chi connectivity index (χ4v) is 2.95. The molecule has 1 amide bonds. The second-order valence-electron chi connectivity index (χ2n) is 5.14. The normalized spacial score (nSPS) is 13.4. The van der Waals surface area contributed by atoms with Crippen molar-refractivity contribution in [3.8, 4) is 0 Å². The predicted molar refractivity (Wildman–Crippen MR) is 91.7 cm³/mol. The zero-order valence-electron chi connectivity index (χ0n) is 12.6. The third-order valence-corrected chi connectivity index (χ3v) is 4.39. The van der Waals surface area contributed by atoms with E-state index in [1.807, 2.05) is 67.6 Å². The fraction of sp³-hybridized carbons (Fsp3) is 0.278. The zero-order chi connectivity index (χ0) is 15.8. The van der Waals surface area contributed by atoms with Gasteiger partial charge in [0.05, 0.1) is 17.9 Å². The highest BCUT2D eigenvalue weighted by atomic mass is 32.2. The minimum absolute atomic E-state index is 0.00616. The number of rotatable bonds is 7. The molecule has 116 valence electrons. The molecule has 2 atom stereocenters. The first-order valence-corrected chi connectivity index (χ1v) is 8.47. The van der Waals surface area contributed by atoms with Gasteiger partial charge in [-0.1, -0.05) is 60.7 Å². The van der Waals surface area contributed by atoms with E-state index in [4.69, 9.17) is 0 Å². The van der Waals surface area contributed by atoms with Crippen LogP contribution in [0.1, 0.15) is 30.2 Å². The number of aliphatic hydroxyl groups excluding tert-OH is 1. The molecule has 0 saturated heterocycles. The van der Waals surface area contributed by atoms with Crippen LogP contribution in [0.3, 0.4) is 0 Å². The van der Waals surface area contributed by atoms with Gasteiger partial charge in [0.15, 0.2) is 0 Å². The van der Waals surface area contributed by atoms with Crippen molar-refractivity contribution in [3.63, 3.8) is 0 Å². The maximum absolute atomic E-state index is 11.9. The molecule has 0 unspecified atom stereocenters. The average molecular weight is 315 g/mol. The van der Waals surface area contributed by atoms with Gasteiger partial charge < -0.3 is 10.4 Å². The Hall–Kier alpha value is -1.78. The maximum Gasteiger partial charge on any atom is 0.230 e. The smallest absolute Gasteiger partial charge is 0.230 e. The van der Waals surface area contributed by atoms with E-state index in [1.54, 1.807) is 0 Å². The van der Waals surface area contributed by atoms with Gasteiger partial charge in [-0.15, -0.1) is 11.8 Å². The molecule has 0 aromatic heterocycles. The largest absolute Gasteiger partial charge is 0.388 e. The minimum Gasteiger partial charge on any atom is -0.388 e. The molecule has 2 rings (SSSR count). The van der Waals surface area contributed by atoms with Gasteiger partial charge in [0.2, 0.25) is 5.91 Å². The molecule has 2 N–H and O–H groups in total. The first-order chi connectivity index (χ1) is 10.7. The molecule has 0 saturated carbocycles. The maximum atomic E-state index is 11.9. The van der Waals surface area contributed by atoms with E-state index in [9.17, 15) is 9.90 Å². The van der Waals surface area contributed by atoms with Gasteiger partial charge in [0, 0.05) is 5.75 Å². The summed E-state index contributed by atoms with van der Waals surface area (Å²) in [4.78, 5) is 11.9. The number of thioether (sulfide) groups is 1. The van der Waals surface area contributed by atoms with Crippen LogP contribution in [0.25, 0.3) is 0 Å². The summed E-state index contributed by atoms with van der Waals surface area (Å²) in [6.45, 7) is 1.97. The molecule has 0 heterocycles. The topological polar surface area (TPSA) is 49.3 Å². The summed E-state index contributed by atoms with van der Waals surface area (Å²) in [5.74, 6) is 0.847. The Morgan fingerprint density at radius 2 is 1.59 bits per heavy atom. The van der Waals surface area contributed by atoms with Crippen molar-refractivity contribution in [2.24, 2.45) is 0 Å². The summed E-state index contributed by atoms with van der Waals surface area (Å²) in [6, 6.07) is 19.4. The van der Waals surface area contributed by atoms with Crippen molar-refractivity contribution in [3.05, 3.63) is 71.8 Å². The number of nitrogens with one attached hydrogen (secondary N) is 1. The van der Waals surface area contributed by atoms with Gasteiger partial charge in [-0.3, -0.25) is 4.79 Å². The van der Waals surface area contributed by atoms with Crippen molar-refractivity contribution in [1.82, 2.24) is 5.32 Å². The monoisotopic (exact) mass is 315 g/mol. The summed E-state index contributed by atoms with van der Waals surface area (Å²) in [7, 11) is 0. The van der Waals surface area contributed by atoms with Gasteiger partial charge in [-0.25, -0.2) is 0 Å². The predicted octanol–water partition coefficient (Wildman–Crippen LogP) is 3.33. The van der Waals surface area contributed by atoms with Crippen LogP contribution < -0.4 is 5.32 Å². The van der Waals surface area contributed by atoms with Crippen molar-refractivity contribution < 1.29 is 9.90 Å². The third-order valence-electron chi connectivity index (χ3n) is 3.37. The zero-order valence-corrected chi connectivity index (χ0v) is 13.4. The molecule has 2 aromatic carbocycles. The molecule has 0 bridgehead atoms. The lowest BCUT2D eigenvalue weighted by atomic mass is 10.1. The van der Waals surface area contributed by atoms with Crippen LogP contribution in [-0.4, -0.2) is 22.5 Å². The van der Waals surface area contributed by atoms with Crippen LogP contribution in [0.5, 0.6) is 0 Å². The number of benzene rings is 2. The average Bonchev–Trinajstić information content (AvgIpc) is 2.56. The van der Waals surface area contributed by atoms with Crippen LogP contribution in [0, 0.1) is 0 Å². The Morgan fingerprint density at radius 3 is 2.18 bits per heavy atom. The lowest BCUT2D eigenvalue weighted by Gasteiger charge is -2.15. The molecule has 3 nitrogen and oxygen atoms in total. The number of hydrogen-bond donors (Lipinski definition) is 2. The van der Waals surface area contributed by atoms with Gasteiger partial charge in [-0.2, -0.15) is 0 Å². The van der Waals surface area contributed by atoms with Gasteiger partial charge in [0.1, 0.15) is 0 Å². The second kappa shape index (κ2) is 8.61. The summed E-state index contributed by atoms with van der Waals surface area (Å²) < 4.78 is 0. The Labute approximate surface area is 135 Å². The molecule has 0 radical (unpaired) electrons. The fourth-order valence-electron chi connectivity index (χ4n) is 2.14. The summed E-state index contributed by atoms with van der Waals surface area (Å²) >= 11 is 1.44. The molecular formula is C18H21NO2S. The standard InChI is InChI=1S/C18H21NO2S/c1-14(15-8-4-2-5-9-15)19-18(21)13-22-12-17(20)16-10-6-3-7-11-16/h2-11,14,17,20H,12-13H2,1H3,(H,19,21)/t14-,17-/m1/s1. The molecule has 0 aliphatic heterocycles. The Kier molecular flexibility index (Phi) is 6.49. The van der Waals surface area contributed by atoms with Crippen molar-refractivity contribution >= 4 is 17.7 Å². The minimum atomic E-state index is -0.537. The number of carbonyl (C=O) groups excluding carboxylic acids is 1. The van der Waals surface area contributed by atoms with Crippen molar-refractivity contribution in [2.75, 3.05) is 11.5 Å². The van der Waals surface area contributed by atoms with Gasteiger partial charge in [0.25, 0.3) is 0 Å². The van der Waals surface area contributed by atoms with E-state index in [-0.39, 0.29) is 11.9 Å². The Balaban J connectivity index is 1.72. The van der Waals surface area contributed by atoms with Crippen LogP contribution >= 0.6 is 11.8 Å².